The molecular formula is C20H21N3O3. The number of hydrogen-bond acceptors (Lipinski definition) is 5. The first-order chi connectivity index (χ1) is 12.7. The van der Waals surface area contributed by atoms with Gasteiger partial charge in [-0.2, -0.15) is 0 Å². The predicted octanol–water partition coefficient (Wildman–Crippen LogP) is 3.27. The minimum atomic E-state index is -0.141. The van der Waals surface area contributed by atoms with Gasteiger partial charge in [0.25, 0.3) is 5.91 Å². The summed E-state index contributed by atoms with van der Waals surface area (Å²) in [5.41, 5.74) is 1.64. The monoisotopic (exact) mass is 351 g/mol. The fraction of sp³-hybridized carbons (Fsp3) is 0.200. The van der Waals surface area contributed by atoms with Crippen LogP contribution in [0.3, 0.4) is 0 Å². The molecule has 1 aromatic carbocycles. The summed E-state index contributed by atoms with van der Waals surface area (Å²) < 4.78 is 10.4. The fourth-order valence-electron chi connectivity index (χ4n) is 2.47. The molecule has 0 radical (unpaired) electrons. The van der Waals surface area contributed by atoms with E-state index in [0.29, 0.717) is 24.5 Å². The Labute approximate surface area is 152 Å². The number of ether oxygens (including phenoxy) is 1. The molecule has 0 bridgehead atoms. The molecule has 3 aromatic rings. The summed E-state index contributed by atoms with van der Waals surface area (Å²) >= 11 is 0. The third-order valence-corrected chi connectivity index (χ3v) is 3.88. The number of furan rings is 1. The lowest BCUT2D eigenvalue weighted by molar-refractivity contribution is 0.0954. The second-order valence-corrected chi connectivity index (χ2v) is 5.72. The first kappa shape index (κ1) is 17.5. The number of nitrogens with zero attached hydrogens (tertiary/aromatic N) is 1. The molecule has 26 heavy (non-hydrogen) atoms. The maximum Gasteiger partial charge on any atom is 0.252 e. The Bertz CT molecular complexity index is 830. The van der Waals surface area contributed by atoms with Crippen LogP contribution in [0.25, 0.3) is 0 Å². The van der Waals surface area contributed by atoms with Gasteiger partial charge in [0.2, 0.25) is 0 Å². The fourth-order valence-corrected chi connectivity index (χ4v) is 2.47. The third kappa shape index (κ3) is 4.86. The van der Waals surface area contributed by atoms with Gasteiger partial charge in [0.15, 0.2) is 0 Å². The molecule has 2 N–H and O–H groups in total. The molecule has 0 saturated carbocycles. The lowest BCUT2D eigenvalue weighted by atomic mass is 10.1. The Balaban J connectivity index is 1.46. The normalized spacial score (nSPS) is 10.3. The van der Waals surface area contributed by atoms with Crippen molar-refractivity contribution in [2.75, 3.05) is 19.0 Å². The van der Waals surface area contributed by atoms with Crippen LogP contribution >= 0.6 is 0 Å². The van der Waals surface area contributed by atoms with Gasteiger partial charge >= 0.3 is 0 Å². The summed E-state index contributed by atoms with van der Waals surface area (Å²) in [4.78, 5) is 16.5. The van der Waals surface area contributed by atoms with E-state index >= 15 is 0 Å². The molecule has 0 aliphatic carbocycles. The summed E-state index contributed by atoms with van der Waals surface area (Å²) in [6.07, 6.45) is 3.92. The molecule has 0 atom stereocenters. The van der Waals surface area contributed by atoms with E-state index in [1.807, 2.05) is 36.4 Å². The quantitative estimate of drug-likeness (QED) is 0.651. The molecule has 6 heteroatoms. The van der Waals surface area contributed by atoms with Gasteiger partial charge in [-0.25, -0.2) is 4.98 Å². The van der Waals surface area contributed by atoms with E-state index in [1.54, 1.807) is 31.7 Å². The van der Waals surface area contributed by atoms with Crippen LogP contribution in [0.4, 0.5) is 5.82 Å². The van der Waals surface area contributed by atoms with Gasteiger partial charge in [-0.3, -0.25) is 4.79 Å². The Morgan fingerprint density at radius 3 is 2.85 bits per heavy atom. The van der Waals surface area contributed by atoms with Crippen LogP contribution in [0.15, 0.2) is 65.4 Å². The molecule has 134 valence electrons. The van der Waals surface area contributed by atoms with E-state index in [1.165, 1.54) is 0 Å². The number of hydrogen-bond donors (Lipinski definition) is 2. The smallest absolute Gasteiger partial charge is 0.252 e. The molecule has 0 spiro atoms. The number of carbonyl (C=O) groups excluding carboxylic acids is 1. The Morgan fingerprint density at radius 2 is 2.12 bits per heavy atom. The molecule has 0 aliphatic rings. The largest absolute Gasteiger partial charge is 0.497 e. The van der Waals surface area contributed by atoms with Crippen LogP contribution in [0.1, 0.15) is 21.7 Å². The number of benzene rings is 1. The third-order valence-electron chi connectivity index (χ3n) is 3.88. The number of rotatable bonds is 8. The number of methoxy groups -OCH3 is 1. The number of pyridine rings is 1. The summed E-state index contributed by atoms with van der Waals surface area (Å²) in [7, 11) is 1.64. The van der Waals surface area contributed by atoms with Gasteiger partial charge in [-0.05, 0) is 48.4 Å². The van der Waals surface area contributed by atoms with Crippen LogP contribution in [0, 0.1) is 0 Å². The molecular weight excluding hydrogens is 330 g/mol. The minimum Gasteiger partial charge on any atom is -0.497 e. The molecule has 0 fully saturated rings. The van der Waals surface area contributed by atoms with Crippen LogP contribution < -0.4 is 15.4 Å². The van der Waals surface area contributed by atoms with Crippen LogP contribution in [-0.2, 0) is 13.0 Å². The topological polar surface area (TPSA) is 76.4 Å². The van der Waals surface area contributed by atoms with Gasteiger partial charge in [0, 0.05) is 12.7 Å². The molecule has 2 aromatic heterocycles. The van der Waals surface area contributed by atoms with Crippen LogP contribution in [0.5, 0.6) is 5.75 Å². The zero-order valence-electron chi connectivity index (χ0n) is 14.6. The van der Waals surface area contributed by atoms with E-state index in [4.69, 9.17) is 9.15 Å². The van der Waals surface area contributed by atoms with Crippen LogP contribution in [-0.4, -0.2) is 24.5 Å². The summed E-state index contributed by atoms with van der Waals surface area (Å²) in [6, 6.07) is 15.1. The highest BCUT2D eigenvalue weighted by Gasteiger charge is 2.06. The highest BCUT2D eigenvalue weighted by atomic mass is 16.5. The number of aromatic nitrogens is 1. The van der Waals surface area contributed by atoms with Crippen molar-refractivity contribution in [1.82, 2.24) is 10.3 Å². The highest BCUT2D eigenvalue weighted by molar-refractivity contribution is 5.94. The van der Waals surface area contributed by atoms with Crippen molar-refractivity contribution in [1.29, 1.82) is 0 Å². The lowest BCUT2D eigenvalue weighted by Crippen LogP contribution is -2.25. The molecule has 6 nitrogen and oxygen atoms in total. The average molecular weight is 351 g/mol. The summed E-state index contributed by atoms with van der Waals surface area (Å²) in [5.74, 6) is 2.19. The van der Waals surface area contributed by atoms with Crippen molar-refractivity contribution in [3.8, 4) is 5.75 Å². The molecule has 3 rings (SSSR count). The first-order valence-electron chi connectivity index (χ1n) is 8.38. The van der Waals surface area contributed by atoms with Crippen molar-refractivity contribution in [2.24, 2.45) is 0 Å². The second kappa shape index (κ2) is 8.71. The van der Waals surface area contributed by atoms with E-state index in [9.17, 15) is 4.79 Å². The van der Waals surface area contributed by atoms with Crippen molar-refractivity contribution < 1.29 is 13.9 Å². The van der Waals surface area contributed by atoms with Crippen LogP contribution in [0.2, 0.25) is 0 Å². The molecule has 0 aliphatic heterocycles. The number of nitrogens with one attached hydrogen (secondary N) is 2. The maximum atomic E-state index is 12.2. The van der Waals surface area contributed by atoms with Crippen molar-refractivity contribution >= 4 is 11.7 Å². The van der Waals surface area contributed by atoms with Gasteiger partial charge in [0.1, 0.15) is 17.3 Å². The maximum absolute atomic E-state index is 12.2. The second-order valence-electron chi connectivity index (χ2n) is 5.72. The van der Waals surface area contributed by atoms with Gasteiger partial charge in [-0.15, -0.1) is 0 Å². The molecule has 0 unspecified atom stereocenters. The lowest BCUT2D eigenvalue weighted by Gasteiger charge is -2.08. The number of carbonyl (C=O) groups is 1. The van der Waals surface area contributed by atoms with E-state index < -0.39 is 0 Å². The zero-order chi connectivity index (χ0) is 18.2. The Kier molecular flexibility index (Phi) is 5.88. The highest BCUT2D eigenvalue weighted by Crippen LogP contribution is 2.13. The number of anilines is 1. The first-order valence-corrected chi connectivity index (χ1v) is 8.38. The van der Waals surface area contributed by atoms with E-state index in [2.05, 4.69) is 15.6 Å². The summed E-state index contributed by atoms with van der Waals surface area (Å²) in [5, 5.41) is 6.04. The number of amides is 1. The standard InChI is InChI=1S/C20H21N3O3/c1-25-17-5-2-4-15(12-17)9-10-21-20(24)16-7-8-19(22-13-16)23-14-18-6-3-11-26-18/h2-8,11-13H,9-10,14H2,1H3,(H,21,24)(H,22,23). The SMILES string of the molecule is COc1cccc(CCNC(=O)c2ccc(NCc3ccco3)nc2)c1. The average Bonchev–Trinajstić information content (AvgIpc) is 3.20. The van der Waals surface area contributed by atoms with Crippen molar-refractivity contribution in [3.05, 3.63) is 77.9 Å². The zero-order valence-corrected chi connectivity index (χ0v) is 14.6. The van der Waals surface area contributed by atoms with E-state index in [-0.39, 0.29) is 5.91 Å². The van der Waals surface area contributed by atoms with Crippen molar-refractivity contribution in [2.45, 2.75) is 13.0 Å². The molecule has 1 amide bonds. The van der Waals surface area contributed by atoms with Crippen molar-refractivity contribution in [3.63, 3.8) is 0 Å². The van der Waals surface area contributed by atoms with Gasteiger partial charge in [-0.1, -0.05) is 12.1 Å². The van der Waals surface area contributed by atoms with Gasteiger partial charge < -0.3 is 19.8 Å². The molecule has 0 saturated heterocycles. The Hall–Kier alpha value is -3.28. The molecule has 2 heterocycles. The van der Waals surface area contributed by atoms with E-state index in [0.717, 1.165) is 23.5 Å². The van der Waals surface area contributed by atoms with Gasteiger partial charge in [0.05, 0.1) is 25.5 Å². The summed E-state index contributed by atoms with van der Waals surface area (Å²) in [6.45, 7) is 1.09. The Morgan fingerprint density at radius 1 is 1.19 bits per heavy atom. The minimum absolute atomic E-state index is 0.141. The predicted molar refractivity (Wildman–Crippen MR) is 99.3 cm³/mol.